The van der Waals surface area contributed by atoms with Gasteiger partial charge in [-0.1, -0.05) is 24.8 Å². The number of carbonyl (C=O) groups excluding carboxylic acids is 3. The van der Waals surface area contributed by atoms with Crippen LogP contribution in [-0.2, 0) is 25.2 Å². The number of aromatic nitrogens is 1. The van der Waals surface area contributed by atoms with Crippen molar-refractivity contribution in [3.63, 3.8) is 0 Å². The number of nitrogens with two attached hydrogens (primary N) is 1. The Balaban J connectivity index is 1.88. The number of alkyl halides is 3. The van der Waals surface area contributed by atoms with E-state index in [1.807, 2.05) is 0 Å². The molecule has 1 unspecified atom stereocenters. The van der Waals surface area contributed by atoms with Gasteiger partial charge in [0.2, 0.25) is 12.0 Å². The van der Waals surface area contributed by atoms with Crippen molar-refractivity contribution in [2.24, 2.45) is 5.73 Å². The molecular formula is C26H20BrF5N2O7. The first-order valence-corrected chi connectivity index (χ1v) is 12.3. The Morgan fingerprint density at radius 3 is 2.27 bits per heavy atom. The molecule has 0 aliphatic heterocycles. The van der Waals surface area contributed by atoms with Crippen LogP contribution in [0, 0.1) is 11.6 Å². The average Bonchev–Trinajstić information content (AvgIpc) is 3.30. The molecule has 1 heterocycles. The molecule has 2 N–H and O–H groups in total. The summed E-state index contributed by atoms with van der Waals surface area (Å²) in [5, 5.41) is 0. The van der Waals surface area contributed by atoms with Crippen LogP contribution >= 0.6 is 15.9 Å². The van der Waals surface area contributed by atoms with E-state index < -0.39 is 71.7 Å². The lowest BCUT2D eigenvalue weighted by Gasteiger charge is -2.17. The van der Waals surface area contributed by atoms with Gasteiger partial charge in [0.05, 0.1) is 18.4 Å². The van der Waals surface area contributed by atoms with E-state index in [-0.39, 0.29) is 34.8 Å². The van der Waals surface area contributed by atoms with Crippen molar-refractivity contribution in [2.75, 3.05) is 13.2 Å². The third kappa shape index (κ3) is 8.13. The van der Waals surface area contributed by atoms with E-state index in [9.17, 15) is 36.3 Å². The number of halogens is 6. The predicted molar refractivity (Wildman–Crippen MR) is 134 cm³/mol. The van der Waals surface area contributed by atoms with E-state index in [4.69, 9.17) is 24.4 Å². The highest BCUT2D eigenvalue weighted by molar-refractivity contribution is 9.10. The smallest absolute Gasteiger partial charge is 0.416 e. The molecule has 0 saturated heterocycles. The van der Waals surface area contributed by atoms with E-state index >= 15 is 0 Å². The molecule has 1 atom stereocenters. The van der Waals surface area contributed by atoms with Crippen molar-refractivity contribution in [1.82, 2.24) is 4.98 Å². The zero-order chi connectivity index (χ0) is 30.3. The molecule has 1 aromatic heterocycles. The molecule has 0 spiro atoms. The van der Waals surface area contributed by atoms with E-state index in [1.54, 1.807) is 0 Å². The first-order chi connectivity index (χ1) is 19.3. The highest BCUT2D eigenvalue weighted by Gasteiger charge is 2.31. The van der Waals surface area contributed by atoms with Crippen LogP contribution in [0.3, 0.4) is 0 Å². The molecule has 0 bridgehead atoms. The third-order valence-electron chi connectivity index (χ3n) is 5.23. The second-order valence-corrected chi connectivity index (χ2v) is 8.83. The number of nitrogens with zero attached hydrogens (tertiary/aromatic N) is 1. The Morgan fingerprint density at radius 2 is 1.68 bits per heavy atom. The normalized spacial score (nSPS) is 12.0. The van der Waals surface area contributed by atoms with Gasteiger partial charge in [-0.25, -0.2) is 13.8 Å². The number of oxazole rings is 1. The monoisotopic (exact) mass is 646 g/mol. The number of hydrogen-bond acceptors (Lipinski definition) is 8. The first-order valence-electron chi connectivity index (χ1n) is 11.5. The standard InChI is InChI=1S/C26H20BrF5N2O7/c1-2-11-38-18(35)9-10-19(36)39-12-17(40-16-8-7-15(28)20(21(16)29)24(33)37)25-34-22(23(27)41-25)13-3-5-14(6-4-13)26(30,31)32/h2-8,17H,1,9-12H2,(H2,33,37). The van der Waals surface area contributed by atoms with Crippen molar-refractivity contribution in [2.45, 2.75) is 25.1 Å². The van der Waals surface area contributed by atoms with Crippen LogP contribution in [0.15, 0.2) is 58.1 Å². The molecule has 3 rings (SSSR count). The summed E-state index contributed by atoms with van der Waals surface area (Å²) in [4.78, 5) is 39.5. The van der Waals surface area contributed by atoms with Crippen molar-refractivity contribution in [3.8, 4) is 17.0 Å². The predicted octanol–water partition coefficient (Wildman–Crippen LogP) is 5.67. The minimum atomic E-state index is -4.57. The van der Waals surface area contributed by atoms with Crippen molar-refractivity contribution in [3.05, 3.63) is 82.4 Å². The second-order valence-electron chi connectivity index (χ2n) is 8.11. The van der Waals surface area contributed by atoms with Gasteiger partial charge >= 0.3 is 18.1 Å². The van der Waals surface area contributed by atoms with Gasteiger partial charge in [0, 0.05) is 5.56 Å². The topological polar surface area (TPSA) is 131 Å². The van der Waals surface area contributed by atoms with Crippen LogP contribution in [-0.4, -0.2) is 36.0 Å². The Morgan fingerprint density at radius 1 is 1.05 bits per heavy atom. The van der Waals surface area contributed by atoms with Crippen LogP contribution in [0.2, 0.25) is 0 Å². The van der Waals surface area contributed by atoms with Crippen molar-refractivity contribution < 1.29 is 55.0 Å². The zero-order valence-electron chi connectivity index (χ0n) is 20.8. The summed E-state index contributed by atoms with van der Waals surface area (Å²) >= 11 is 3.10. The van der Waals surface area contributed by atoms with Gasteiger partial charge in [-0.2, -0.15) is 13.2 Å². The highest BCUT2D eigenvalue weighted by atomic mass is 79.9. The number of amides is 1. The molecule has 0 aliphatic rings. The zero-order valence-corrected chi connectivity index (χ0v) is 22.4. The summed E-state index contributed by atoms with van der Waals surface area (Å²) in [6.07, 6.45) is -5.48. The molecule has 0 radical (unpaired) electrons. The van der Waals surface area contributed by atoms with Crippen LogP contribution in [0.25, 0.3) is 11.3 Å². The molecule has 3 aromatic rings. The van der Waals surface area contributed by atoms with Crippen LogP contribution in [0.1, 0.15) is 40.8 Å². The van der Waals surface area contributed by atoms with E-state index in [2.05, 4.69) is 27.5 Å². The minimum Gasteiger partial charge on any atom is -0.474 e. The van der Waals surface area contributed by atoms with Crippen LogP contribution in [0.5, 0.6) is 5.75 Å². The van der Waals surface area contributed by atoms with E-state index in [1.165, 1.54) is 6.08 Å². The fraction of sp³-hybridized carbons (Fsp3) is 0.231. The number of hydrogen-bond donors (Lipinski definition) is 1. The van der Waals surface area contributed by atoms with Gasteiger partial charge in [0.15, 0.2) is 16.2 Å². The first kappa shape index (κ1) is 31.3. The largest absolute Gasteiger partial charge is 0.474 e. The maximum absolute atomic E-state index is 14.9. The lowest BCUT2D eigenvalue weighted by atomic mass is 10.1. The number of esters is 2. The van der Waals surface area contributed by atoms with Gasteiger partial charge in [0.25, 0.3) is 5.91 Å². The fourth-order valence-electron chi connectivity index (χ4n) is 3.28. The number of primary amides is 1. The van der Waals surface area contributed by atoms with Gasteiger partial charge in [-0.3, -0.25) is 14.4 Å². The maximum atomic E-state index is 14.9. The third-order valence-corrected chi connectivity index (χ3v) is 5.76. The lowest BCUT2D eigenvalue weighted by molar-refractivity contribution is -0.151. The van der Waals surface area contributed by atoms with Gasteiger partial charge in [0.1, 0.15) is 30.3 Å². The molecule has 0 saturated carbocycles. The lowest BCUT2D eigenvalue weighted by Crippen LogP contribution is -2.21. The number of rotatable bonds is 12. The van der Waals surface area contributed by atoms with Crippen molar-refractivity contribution >= 4 is 33.8 Å². The summed E-state index contributed by atoms with van der Waals surface area (Å²) in [7, 11) is 0. The van der Waals surface area contributed by atoms with Crippen molar-refractivity contribution in [1.29, 1.82) is 0 Å². The summed E-state index contributed by atoms with van der Waals surface area (Å²) in [5.41, 5.74) is 3.27. The number of benzene rings is 2. The molecule has 1 amide bonds. The number of ether oxygens (including phenoxy) is 3. The quantitative estimate of drug-likeness (QED) is 0.151. The minimum absolute atomic E-state index is 0.0241. The van der Waals surface area contributed by atoms with Crippen LogP contribution < -0.4 is 10.5 Å². The Bertz CT molecular complexity index is 1440. The molecule has 15 heteroatoms. The highest BCUT2D eigenvalue weighted by Crippen LogP contribution is 2.36. The SMILES string of the molecule is C=CCOC(=O)CCC(=O)OCC(Oc1ccc(F)c(C(N)=O)c1F)c1nc(-c2ccc(C(F)(F)F)cc2)c(Br)o1. The second kappa shape index (κ2) is 13.4. The molecule has 0 fully saturated rings. The molecule has 0 aliphatic carbocycles. The number of carbonyl (C=O) groups is 3. The molecule has 41 heavy (non-hydrogen) atoms. The van der Waals surface area contributed by atoms with Gasteiger partial charge in [-0.15, -0.1) is 0 Å². The summed E-state index contributed by atoms with van der Waals surface area (Å²) in [6.45, 7) is 2.65. The molecule has 9 nitrogen and oxygen atoms in total. The average molecular weight is 647 g/mol. The Labute approximate surface area is 237 Å². The van der Waals surface area contributed by atoms with Crippen LogP contribution in [0.4, 0.5) is 22.0 Å². The maximum Gasteiger partial charge on any atom is 0.416 e. The molecule has 218 valence electrons. The fourth-order valence-corrected chi connectivity index (χ4v) is 3.76. The summed E-state index contributed by atoms with van der Waals surface area (Å²) in [6, 6.07) is 5.48. The van der Waals surface area contributed by atoms with Gasteiger partial charge < -0.3 is 24.4 Å². The summed E-state index contributed by atoms with van der Waals surface area (Å²) in [5.74, 6) is -6.72. The van der Waals surface area contributed by atoms with E-state index in [0.29, 0.717) is 0 Å². The molecular weight excluding hydrogens is 627 g/mol. The van der Waals surface area contributed by atoms with Gasteiger partial charge in [-0.05, 0) is 40.2 Å². The van der Waals surface area contributed by atoms with E-state index in [0.717, 1.165) is 36.4 Å². The summed E-state index contributed by atoms with van der Waals surface area (Å²) < 4.78 is 88.5. The Kier molecular flexibility index (Phi) is 10.2. The molecule has 2 aromatic carbocycles. The Hall–Kier alpha value is -4.27.